The van der Waals surface area contributed by atoms with Gasteiger partial charge in [0.2, 0.25) is 0 Å². The van der Waals surface area contributed by atoms with Crippen molar-refractivity contribution in [3.05, 3.63) is 30.1 Å². The number of hydrogen-bond acceptors (Lipinski definition) is 4. The Morgan fingerprint density at radius 2 is 2.04 bits per heavy atom. The first-order valence-electron chi connectivity index (χ1n) is 9.09. The second-order valence-electron chi connectivity index (χ2n) is 6.39. The second kappa shape index (κ2) is 10.6. The van der Waals surface area contributed by atoms with E-state index in [9.17, 15) is 4.39 Å². The number of ether oxygens (including phenoxy) is 2. The van der Waals surface area contributed by atoms with Gasteiger partial charge in [-0.15, -0.1) is 0 Å². The fraction of sp³-hybridized carbons (Fsp3) is 0.632. The van der Waals surface area contributed by atoms with Crippen molar-refractivity contribution < 1.29 is 13.9 Å². The van der Waals surface area contributed by atoms with Crippen molar-refractivity contribution in [1.29, 1.82) is 0 Å². The van der Waals surface area contributed by atoms with Gasteiger partial charge in [0, 0.05) is 31.6 Å². The Balaban J connectivity index is 1.88. The highest BCUT2D eigenvalue weighted by atomic mass is 32.2. The molecule has 1 heterocycles. The summed E-state index contributed by atoms with van der Waals surface area (Å²) in [7, 11) is 2.01. The molecule has 1 aromatic rings. The van der Waals surface area contributed by atoms with Gasteiger partial charge in [-0.1, -0.05) is 0 Å². The predicted octanol–water partition coefficient (Wildman–Crippen LogP) is 3.01. The first kappa shape index (κ1) is 20.8. The lowest BCUT2D eigenvalue weighted by atomic mass is 9.99. The Labute approximate surface area is 160 Å². The number of nitrogens with zero attached hydrogens (tertiary/aromatic N) is 2. The predicted molar refractivity (Wildman–Crippen MR) is 107 cm³/mol. The van der Waals surface area contributed by atoms with E-state index in [-0.39, 0.29) is 10.6 Å². The van der Waals surface area contributed by atoms with Crippen LogP contribution < -0.4 is 10.1 Å². The highest BCUT2D eigenvalue weighted by molar-refractivity contribution is 8.00. The van der Waals surface area contributed by atoms with Crippen LogP contribution in [-0.4, -0.2) is 68.4 Å². The van der Waals surface area contributed by atoms with Crippen LogP contribution in [-0.2, 0) is 4.74 Å². The summed E-state index contributed by atoms with van der Waals surface area (Å²) in [6.07, 6.45) is 4.23. The molecule has 0 unspecified atom stereocenters. The lowest BCUT2D eigenvalue weighted by Crippen LogP contribution is -2.43. The molecule has 0 amide bonds. The molecule has 26 heavy (non-hydrogen) atoms. The molecule has 146 valence electrons. The molecule has 0 atom stereocenters. The van der Waals surface area contributed by atoms with Gasteiger partial charge in [0.25, 0.3) is 0 Å². The number of nitrogens with one attached hydrogen (secondary N) is 1. The minimum atomic E-state index is -0.258. The second-order valence-corrected chi connectivity index (χ2v) is 7.67. The standard InChI is InChI=1S/C19H30FN3O2S/c1-4-21-18(22-15-19(26-3)9-12-24-13-10-19)23(2)11-14-25-17-7-5-16(20)6-8-17/h5-8H,4,9-15H2,1-3H3,(H,21,22). The third-order valence-corrected chi connectivity index (χ3v) is 5.96. The van der Waals surface area contributed by atoms with Crippen LogP contribution in [0.1, 0.15) is 19.8 Å². The molecule has 0 saturated carbocycles. The number of aliphatic imine (C=N–C) groups is 1. The number of likely N-dealkylation sites (N-methyl/N-ethyl adjacent to an activating group) is 1. The molecule has 1 saturated heterocycles. The normalized spacial score (nSPS) is 17.0. The van der Waals surface area contributed by atoms with Gasteiger partial charge in [0.15, 0.2) is 5.96 Å². The van der Waals surface area contributed by atoms with Gasteiger partial charge in [-0.05, 0) is 50.3 Å². The first-order valence-corrected chi connectivity index (χ1v) is 10.3. The van der Waals surface area contributed by atoms with Crippen molar-refractivity contribution in [2.75, 3.05) is 52.8 Å². The SMILES string of the molecule is CCNC(=NCC1(SC)CCOCC1)N(C)CCOc1ccc(F)cc1. The molecule has 1 aromatic carbocycles. The van der Waals surface area contributed by atoms with E-state index in [0.717, 1.165) is 45.1 Å². The van der Waals surface area contributed by atoms with Crippen LogP contribution in [0, 0.1) is 5.82 Å². The van der Waals surface area contributed by atoms with Gasteiger partial charge < -0.3 is 19.7 Å². The zero-order chi connectivity index (χ0) is 18.8. The van der Waals surface area contributed by atoms with E-state index in [2.05, 4.69) is 23.4 Å². The van der Waals surface area contributed by atoms with Crippen LogP contribution in [0.25, 0.3) is 0 Å². The summed E-state index contributed by atoms with van der Waals surface area (Å²) in [6.45, 7) is 6.49. The lowest BCUT2D eigenvalue weighted by molar-refractivity contribution is 0.0793. The topological polar surface area (TPSA) is 46.1 Å². The number of hydrogen-bond donors (Lipinski definition) is 1. The number of guanidine groups is 1. The van der Waals surface area contributed by atoms with Gasteiger partial charge in [0.1, 0.15) is 18.2 Å². The number of benzene rings is 1. The average molecular weight is 384 g/mol. The summed E-state index contributed by atoms with van der Waals surface area (Å²) < 4.78 is 24.3. The molecule has 0 bridgehead atoms. The molecule has 5 nitrogen and oxygen atoms in total. The Hall–Kier alpha value is -1.47. The Morgan fingerprint density at radius 3 is 2.65 bits per heavy atom. The molecule has 2 rings (SSSR count). The van der Waals surface area contributed by atoms with Crippen LogP contribution in [0.15, 0.2) is 29.3 Å². The molecular weight excluding hydrogens is 353 g/mol. The number of thioether (sulfide) groups is 1. The van der Waals surface area contributed by atoms with Crippen molar-refractivity contribution in [2.45, 2.75) is 24.5 Å². The monoisotopic (exact) mass is 383 g/mol. The average Bonchev–Trinajstić information content (AvgIpc) is 2.67. The Morgan fingerprint density at radius 1 is 1.35 bits per heavy atom. The number of rotatable bonds is 8. The van der Waals surface area contributed by atoms with Crippen LogP contribution in [0.3, 0.4) is 0 Å². The van der Waals surface area contributed by atoms with E-state index in [1.165, 1.54) is 12.1 Å². The third kappa shape index (κ3) is 6.36. The van der Waals surface area contributed by atoms with Crippen molar-refractivity contribution in [3.8, 4) is 5.75 Å². The third-order valence-electron chi connectivity index (χ3n) is 4.56. The highest BCUT2D eigenvalue weighted by Gasteiger charge is 2.31. The van der Waals surface area contributed by atoms with Crippen LogP contribution >= 0.6 is 11.8 Å². The zero-order valence-corrected chi connectivity index (χ0v) is 16.8. The van der Waals surface area contributed by atoms with Crippen molar-refractivity contribution in [1.82, 2.24) is 10.2 Å². The zero-order valence-electron chi connectivity index (χ0n) is 16.0. The molecule has 1 aliphatic rings. The molecule has 0 spiro atoms. The van der Waals surface area contributed by atoms with Gasteiger partial charge in [-0.25, -0.2) is 4.39 Å². The van der Waals surface area contributed by atoms with Crippen LogP contribution in [0.4, 0.5) is 4.39 Å². The molecule has 1 fully saturated rings. The van der Waals surface area contributed by atoms with Gasteiger partial charge in [-0.2, -0.15) is 11.8 Å². The van der Waals surface area contributed by atoms with Gasteiger partial charge >= 0.3 is 0 Å². The summed E-state index contributed by atoms with van der Waals surface area (Å²) in [5, 5.41) is 3.35. The van der Waals surface area contributed by atoms with E-state index in [4.69, 9.17) is 14.5 Å². The van der Waals surface area contributed by atoms with E-state index in [1.54, 1.807) is 12.1 Å². The van der Waals surface area contributed by atoms with E-state index in [1.807, 2.05) is 18.8 Å². The molecule has 1 N–H and O–H groups in total. The molecule has 7 heteroatoms. The maximum absolute atomic E-state index is 12.9. The first-order chi connectivity index (χ1) is 12.6. The van der Waals surface area contributed by atoms with Crippen molar-refractivity contribution >= 4 is 17.7 Å². The summed E-state index contributed by atoms with van der Waals surface area (Å²) >= 11 is 1.89. The summed E-state index contributed by atoms with van der Waals surface area (Å²) in [4.78, 5) is 6.94. The van der Waals surface area contributed by atoms with Gasteiger partial charge in [0.05, 0.1) is 13.1 Å². The van der Waals surface area contributed by atoms with E-state index >= 15 is 0 Å². The molecule has 0 aliphatic carbocycles. The fourth-order valence-electron chi connectivity index (χ4n) is 2.80. The van der Waals surface area contributed by atoms with Crippen molar-refractivity contribution in [2.24, 2.45) is 4.99 Å². The molecule has 1 aliphatic heterocycles. The minimum absolute atomic E-state index is 0.171. The van der Waals surface area contributed by atoms with E-state index < -0.39 is 0 Å². The van der Waals surface area contributed by atoms with Crippen molar-refractivity contribution in [3.63, 3.8) is 0 Å². The fourth-order valence-corrected chi connectivity index (χ4v) is 3.56. The largest absolute Gasteiger partial charge is 0.492 e. The quantitative estimate of drug-likeness (QED) is 0.552. The summed E-state index contributed by atoms with van der Waals surface area (Å²) in [6, 6.07) is 6.09. The summed E-state index contributed by atoms with van der Waals surface area (Å²) in [5.74, 6) is 1.30. The summed E-state index contributed by atoms with van der Waals surface area (Å²) in [5.41, 5.74) is 0. The maximum atomic E-state index is 12.9. The Kier molecular flexibility index (Phi) is 8.51. The molecule has 0 aromatic heterocycles. The highest BCUT2D eigenvalue weighted by Crippen LogP contribution is 2.34. The molecule has 0 radical (unpaired) electrons. The Bertz CT molecular complexity index is 562. The smallest absolute Gasteiger partial charge is 0.193 e. The van der Waals surface area contributed by atoms with E-state index in [0.29, 0.717) is 18.9 Å². The maximum Gasteiger partial charge on any atom is 0.193 e. The minimum Gasteiger partial charge on any atom is -0.492 e. The molecular formula is C19H30FN3O2S. The van der Waals surface area contributed by atoms with Crippen LogP contribution in [0.2, 0.25) is 0 Å². The van der Waals surface area contributed by atoms with Crippen LogP contribution in [0.5, 0.6) is 5.75 Å². The van der Waals surface area contributed by atoms with Gasteiger partial charge in [-0.3, -0.25) is 4.99 Å². The lowest BCUT2D eigenvalue weighted by Gasteiger charge is -2.34. The number of halogens is 1.